The van der Waals surface area contributed by atoms with Crippen molar-refractivity contribution >= 4 is 11.6 Å². The molecule has 90 valence electrons. The molecule has 0 aliphatic carbocycles. The smallest absolute Gasteiger partial charge is 0.329 e. The molecule has 0 N–H and O–H groups in total. The first-order valence-electron chi connectivity index (χ1n) is 4.88. The quantitative estimate of drug-likeness (QED) is 0.823. The van der Waals surface area contributed by atoms with E-state index in [4.69, 9.17) is 21.1 Å². The van der Waals surface area contributed by atoms with E-state index in [1.54, 1.807) is 17.9 Å². The Hall–Kier alpha value is -1.89. The van der Waals surface area contributed by atoms with Gasteiger partial charge in [0.25, 0.3) is 0 Å². The van der Waals surface area contributed by atoms with Crippen LogP contribution in [0.3, 0.4) is 0 Å². The van der Waals surface area contributed by atoms with Crippen molar-refractivity contribution in [2.75, 3.05) is 6.61 Å². The van der Waals surface area contributed by atoms with Crippen LogP contribution in [0.1, 0.15) is 6.92 Å². The van der Waals surface area contributed by atoms with Crippen LogP contribution in [0, 0.1) is 0 Å². The van der Waals surface area contributed by atoms with Crippen molar-refractivity contribution in [1.29, 1.82) is 0 Å². The van der Waals surface area contributed by atoms with Crippen LogP contribution in [0.4, 0.5) is 0 Å². The molecule has 0 saturated carbocycles. The van der Waals surface area contributed by atoms with Crippen molar-refractivity contribution in [3.63, 3.8) is 0 Å². The van der Waals surface area contributed by atoms with Crippen LogP contribution in [0.5, 0.6) is 17.8 Å². The first kappa shape index (κ1) is 11.6. The third-order valence-electron chi connectivity index (χ3n) is 1.73. The summed E-state index contributed by atoms with van der Waals surface area (Å²) in [5.41, 5.74) is 0. The van der Waals surface area contributed by atoms with Gasteiger partial charge >= 0.3 is 12.0 Å². The highest BCUT2D eigenvalue weighted by Crippen LogP contribution is 2.19. The SMILES string of the molecule is CCOc1nc(Cl)nc(Oc2cnn(C)c2)n1. The molecule has 0 bridgehead atoms. The molecule has 0 fully saturated rings. The number of aryl methyl sites for hydroxylation is 1. The van der Waals surface area contributed by atoms with Gasteiger partial charge in [-0.3, -0.25) is 4.68 Å². The molecule has 0 aliphatic heterocycles. The maximum absolute atomic E-state index is 5.71. The molecule has 2 aromatic rings. The van der Waals surface area contributed by atoms with Crippen LogP contribution in [0.15, 0.2) is 12.4 Å². The lowest BCUT2D eigenvalue weighted by molar-refractivity contribution is 0.303. The van der Waals surface area contributed by atoms with Gasteiger partial charge in [0.1, 0.15) is 0 Å². The van der Waals surface area contributed by atoms with Gasteiger partial charge in [0, 0.05) is 7.05 Å². The van der Waals surface area contributed by atoms with Gasteiger partial charge in [0.15, 0.2) is 5.75 Å². The average Bonchev–Trinajstić information content (AvgIpc) is 2.63. The maximum Gasteiger partial charge on any atom is 0.329 e. The van der Waals surface area contributed by atoms with Crippen LogP contribution in [-0.4, -0.2) is 31.3 Å². The van der Waals surface area contributed by atoms with E-state index in [0.717, 1.165) is 0 Å². The van der Waals surface area contributed by atoms with Gasteiger partial charge < -0.3 is 9.47 Å². The summed E-state index contributed by atoms with van der Waals surface area (Å²) in [7, 11) is 1.78. The number of halogens is 1. The summed E-state index contributed by atoms with van der Waals surface area (Å²) in [4.78, 5) is 11.6. The van der Waals surface area contributed by atoms with Crippen LogP contribution < -0.4 is 9.47 Å². The van der Waals surface area contributed by atoms with E-state index in [-0.39, 0.29) is 17.3 Å². The van der Waals surface area contributed by atoms with E-state index >= 15 is 0 Å². The average molecular weight is 256 g/mol. The molecule has 0 spiro atoms. The minimum absolute atomic E-state index is 0.0161. The first-order chi connectivity index (χ1) is 8.17. The van der Waals surface area contributed by atoms with Crippen molar-refractivity contribution in [1.82, 2.24) is 24.7 Å². The third kappa shape index (κ3) is 3.04. The highest BCUT2D eigenvalue weighted by atomic mass is 35.5. The van der Waals surface area contributed by atoms with Crippen LogP contribution >= 0.6 is 11.6 Å². The zero-order valence-electron chi connectivity index (χ0n) is 9.29. The minimum atomic E-state index is 0.0161. The zero-order chi connectivity index (χ0) is 12.3. The highest BCUT2D eigenvalue weighted by molar-refractivity contribution is 6.28. The van der Waals surface area contributed by atoms with E-state index in [0.29, 0.717) is 12.4 Å². The molecule has 8 heteroatoms. The summed E-state index contributed by atoms with van der Waals surface area (Å²) < 4.78 is 12.1. The van der Waals surface area contributed by atoms with Gasteiger partial charge in [-0.2, -0.15) is 15.1 Å². The fourth-order valence-electron chi connectivity index (χ4n) is 1.11. The summed E-state index contributed by atoms with van der Waals surface area (Å²) in [6.45, 7) is 2.26. The van der Waals surface area contributed by atoms with E-state index in [1.165, 1.54) is 6.20 Å². The lowest BCUT2D eigenvalue weighted by Gasteiger charge is -2.03. The number of ether oxygens (including phenoxy) is 2. The highest BCUT2D eigenvalue weighted by Gasteiger charge is 2.08. The minimum Gasteiger partial charge on any atom is -0.464 e. The van der Waals surface area contributed by atoms with Gasteiger partial charge in [-0.05, 0) is 18.5 Å². The summed E-state index contributed by atoms with van der Waals surface area (Å²) >= 11 is 5.71. The summed E-state index contributed by atoms with van der Waals surface area (Å²) in [5, 5.41) is 3.97. The maximum atomic E-state index is 5.71. The second-order valence-electron chi connectivity index (χ2n) is 3.05. The number of hydrogen-bond donors (Lipinski definition) is 0. The lowest BCUT2D eigenvalue weighted by atomic mass is 10.6. The molecule has 0 aromatic carbocycles. The third-order valence-corrected chi connectivity index (χ3v) is 1.90. The van der Waals surface area contributed by atoms with Crippen molar-refractivity contribution in [3.05, 3.63) is 17.7 Å². The molecule has 17 heavy (non-hydrogen) atoms. The van der Waals surface area contributed by atoms with Gasteiger partial charge in [-0.15, -0.1) is 4.98 Å². The predicted octanol–water partition coefficient (Wildman–Crippen LogP) is 1.45. The van der Waals surface area contributed by atoms with E-state index in [1.807, 2.05) is 6.92 Å². The normalized spacial score (nSPS) is 10.3. The molecule has 7 nitrogen and oxygen atoms in total. The van der Waals surface area contributed by atoms with Crippen LogP contribution in [0.25, 0.3) is 0 Å². The molecule has 0 amide bonds. The fourth-order valence-corrected chi connectivity index (χ4v) is 1.26. The molecule has 0 unspecified atom stereocenters. The number of rotatable bonds is 4. The number of nitrogens with zero attached hydrogens (tertiary/aromatic N) is 5. The topological polar surface area (TPSA) is 75.0 Å². The molecular weight excluding hydrogens is 246 g/mol. The van der Waals surface area contributed by atoms with E-state index in [9.17, 15) is 0 Å². The Balaban J connectivity index is 2.20. The number of aromatic nitrogens is 5. The molecule has 2 heterocycles. The summed E-state index contributed by atoms with van der Waals surface area (Å²) in [6, 6.07) is 0.202. The molecule has 0 radical (unpaired) electrons. The Labute approximate surface area is 102 Å². The standard InChI is InChI=1S/C9H10ClN5O2/c1-3-16-8-12-7(10)13-9(14-8)17-6-4-11-15(2)5-6/h4-5H,3H2,1-2H3. The summed E-state index contributed by atoms with van der Waals surface area (Å²) in [5.74, 6) is 0.511. The molecule has 0 aliphatic rings. The Kier molecular flexibility index (Phi) is 3.38. The van der Waals surface area contributed by atoms with Crippen LogP contribution in [-0.2, 0) is 7.05 Å². The first-order valence-corrected chi connectivity index (χ1v) is 5.26. The number of hydrogen-bond acceptors (Lipinski definition) is 6. The van der Waals surface area contributed by atoms with Gasteiger partial charge in [-0.25, -0.2) is 0 Å². The largest absolute Gasteiger partial charge is 0.464 e. The monoisotopic (exact) mass is 255 g/mol. The Morgan fingerprint density at radius 2 is 2.06 bits per heavy atom. The van der Waals surface area contributed by atoms with E-state index < -0.39 is 0 Å². The second-order valence-corrected chi connectivity index (χ2v) is 3.39. The Morgan fingerprint density at radius 1 is 1.29 bits per heavy atom. The van der Waals surface area contributed by atoms with Crippen LogP contribution in [0.2, 0.25) is 5.28 Å². The van der Waals surface area contributed by atoms with Crippen molar-refractivity contribution in [3.8, 4) is 17.8 Å². The lowest BCUT2D eigenvalue weighted by Crippen LogP contribution is -2.01. The molecule has 2 rings (SSSR count). The molecule has 0 saturated heterocycles. The molecule has 0 atom stereocenters. The second kappa shape index (κ2) is 4.96. The van der Waals surface area contributed by atoms with E-state index in [2.05, 4.69) is 20.1 Å². The van der Waals surface area contributed by atoms with Crippen molar-refractivity contribution in [2.24, 2.45) is 7.05 Å². The van der Waals surface area contributed by atoms with Gasteiger partial charge in [0.2, 0.25) is 5.28 Å². The van der Waals surface area contributed by atoms with Gasteiger partial charge in [-0.1, -0.05) is 0 Å². The van der Waals surface area contributed by atoms with Crippen molar-refractivity contribution in [2.45, 2.75) is 6.92 Å². The fraction of sp³-hybridized carbons (Fsp3) is 0.333. The molecular formula is C9H10ClN5O2. The Morgan fingerprint density at radius 3 is 2.71 bits per heavy atom. The zero-order valence-corrected chi connectivity index (χ0v) is 10.0. The predicted molar refractivity (Wildman–Crippen MR) is 59.3 cm³/mol. The molecule has 2 aromatic heterocycles. The summed E-state index contributed by atoms with van der Waals surface area (Å²) in [6.07, 6.45) is 3.22. The van der Waals surface area contributed by atoms with Crippen molar-refractivity contribution < 1.29 is 9.47 Å². The Bertz CT molecular complexity index is 516. The van der Waals surface area contributed by atoms with Gasteiger partial charge in [0.05, 0.1) is 19.0 Å².